The number of aliphatic hydroxyl groups excluding tert-OH is 1. The van der Waals surface area contributed by atoms with Gasteiger partial charge in [0.2, 0.25) is 0 Å². The van der Waals surface area contributed by atoms with Gasteiger partial charge in [0.25, 0.3) is 0 Å². The van der Waals surface area contributed by atoms with Crippen LogP contribution in [0.3, 0.4) is 0 Å². The molecule has 25 heavy (non-hydrogen) atoms. The molecule has 5 rings (SSSR count). The third-order valence-corrected chi connectivity index (χ3v) is 8.09. The van der Waals surface area contributed by atoms with Crippen molar-refractivity contribution in [2.45, 2.75) is 63.8 Å². The number of hydrogen-bond acceptors (Lipinski definition) is 4. The first kappa shape index (κ1) is 16.3. The van der Waals surface area contributed by atoms with E-state index in [1.165, 1.54) is 24.0 Å². The van der Waals surface area contributed by atoms with Crippen molar-refractivity contribution in [3.63, 3.8) is 0 Å². The summed E-state index contributed by atoms with van der Waals surface area (Å²) in [6.07, 6.45) is 9.15. The van der Waals surface area contributed by atoms with Crippen molar-refractivity contribution in [2.24, 2.45) is 23.2 Å². The monoisotopic (exact) mass is 346 g/mol. The molecule has 0 bridgehead atoms. The number of methoxy groups -OCH3 is 1. The Labute approximate surface area is 150 Å². The molecule has 1 aliphatic heterocycles. The van der Waals surface area contributed by atoms with E-state index in [1.807, 2.05) is 0 Å². The predicted molar refractivity (Wildman–Crippen MR) is 93.7 cm³/mol. The molecular weight excluding hydrogens is 316 g/mol. The first-order chi connectivity index (χ1) is 12.1. The predicted octanol–water partition coefficient (Wildman–Crippen LogP) is 3.56. The minimum atomic E-state index is -0.437. The maximum Gasteiger partial charge on any atom is 0.174 e. The molecule has 4 aliphatic carbocycles. The van der Waals surface area contributed by atoms with Gasteiger partial charge >= 0.3 is 0 Å². The van der Waals surface area contributed by atoms with E-state index >= 15 is 0 Å². The fourth-order valence-corrected chi connectivity index (χ4v) is 7.00. The van der Waals surface area contributed by atoms with Crippen LogP contribution in [-0.4, -0.2) is 37.3 Å². The molecule has 4 unspecified atom stereocenters. The average molecular weight is 346 g/mol. The number of ether oxygens (including phenoxy) is 3. The number of hydrogen-bond donors (Lipinski definition) is 1. The SMILES string of the molecule is COC1=CCC2=C(CCC3C2C(O)C[C@@]2(C)C3CCC23OCCO3)C1. The Bertz CT molecular complexity index is 630. The van der Waals surface area contributed by atoms with Crippen LogP contribution in [0, 0.1) is 23.2 Å². The lowest BCUT2D eigenvalue weighted by Crippen LogP contribution is -2.56. The largest absolute Gasteiger partial charge is 0.501 e. The second kappa shape index (κ2) is 5.58. The molecule has 1 saturated heterocycles. The second-order valence-electron chi connectivity index (χ2n) is 8.90. The molecule has 1 N–H and O–H groups in total. The van der Waals surface area contributed by atoms with Crippen molar-refractivity contribution in [2.75, 3.05) is 20.3 Å². The van der Waals surface area contributed by atoms with Crippen LogP contribution in [0.2, 0.25) is 0 Å². The summed E-state index contributed by atoms with van der Waals surface area (Å²) in [5.41, 5.74) is 3.00. The Morgan fingerprint density at radius 3 is 2.80 bits per heavy atom. The van der Waals surface area contributed by atoms with E-state index in [0.29, 0.717) is 31.0 Å². The molecule has 3 fully saturated rings. The van der Waals surface area contributed by atoms with Gasteiger partial charge in [0.1, 0.15) is 0 Å². The molecule has 4 heteroatoms. The fourth-order valence-electron chi connectivity index (χ4n) is 7.00. The van der Waals surface area contributed by atoms with Crippen LogP contribution in [0.25, 0.3) is 0 Å². The van der Waals surface area contributed by atoms with Crippen molar-refractivity contribution in [3.8, 4) is 0 Å². The van der Waals surface area contributed by atoms with Crippen molar-refractivity contribution >= 4 is 0 Å². The molecule has 1 spiro atoms. The summed E-state index contributed by atoms with van der Waals surface area (Å²) in [4.78, 5) is 0. The molecule has 0 aromatic carbocycles. The lowest BCUT2D eigenvalue weighted by Gasteiger charge is -2.55. The van der Waals surface area contributed by atoms with Crippen LogP contribution in [0.5, 0.6) is 0 Å². The molecule has 4 nitrogen and oxygen atoms in total. The third-order valence-electron chi connectivity index (χ3n) is 8.09. The van der Waals surface area contributed by atoms with Gasteiger partial charge in [-0.15, -0.1) is 0 Å². The highest BCUT2D eigenvalue weighted by molar-refractivity contribution is 5.34. The van der Waals surface area contributed by atoms with Crippen molar-refractivity contribution in [1.82, 2.24) is 0 Å². The van der Waals surface area contributed by atoms with E-state index in [1.54, 1.807) is 7.11 Å². The van der Waals surface area contributed by atoms with Crippen LogP contribution < -0.4 is 0 Å². The van der Waals surface area contributed by atoms with E-state index in [2.05, 4.69) is 13.0 Å². The summed E-state index contributed by atoms with van der Waals surface area (Å²) < 4.78 is 17.8. The Hall–Kier alpha value is -0.840. The highest BCUT2D eigenvalue weighted by Gasteiger charge is 2.66. The summed E-state index contributed by atoms with van der Waals surface area (Å²) in [6.45, 7) is 3.72. The highest BCUT2D eigenvalue weighted by atomic mass is 16.7. The Morgan fingerprint density at radius 1 is 1.24 bits per heavy atom. The smallest absolute Gasteiger partial charge is 0.174 e. The van der Waals surface area contributed by atoms with Crippen molar-refractivity contribution in [1.29, 1.82) is 0 Å². The van der Waals surface area contributed by atoms with Gasteiger partial charge in [-0.1, -0.05) is 18.1 Å². The minimum Gasteiger partial charge on any atom is -0.501 e. The first-order valence-electron chi connectivity index (χ1n) is 9.98. The maximum absolute atomic E-state index is 11.2. The quantitative estimate of drug-likeness (QED) is 0.738. The third kappa shape index (κ3) is 2.11. The zero-order valence-electron chi connectivity index (χ0n) is 15.4. The Kier molecular flexibility index (Phi) is 3.65. The topological polar surface area (TPSA) is 47.9 Å². The fraction of sp³-hybridized carbons (Fsp3) is 0.810. The number of aliphatic hydroxyl groups is 1. The standard InChI is InChI=1S/C21H30O4/c1-20-12-18(22)19-15-6-4-14(23-2)11-13(15)3-5-16(19)17(20)7-8-21(20)24-9-10-25-21/h4,16-19,22H,3,5-12H2,1-2H3/t16?,17?,18?,19?,20-/m0/s1. The first-order valence-corrected chi connectivity index (χ1v) is 9.98. The van der Waals surface area contributed by atoms with Gasteiger partial charge in [-0.05, 0) is 50.0 Å². The van der Waals surface area contributed by atoms with Crippen LogP contribution in [0.4, 0.5) is 0 Å². The van der Waals surface area contributed by atoms with E-state index < -0.39 is 5.79 Å². The summed E-state index contributed by atoms with van der Waals surface area (Å²) in [5, 5.41) is 11.2. The zero-order chi connectivity index (χ0) is 17.2. The molecule has 5 aliphatic rings. The van der Waals surface area contributed by atoms with Gasteiger partial charge in [0.05, 0.1) is 32.2 Å². The molecule has 0 aromatic rings. The zero-order valence-corrected chi connectivity index (χ0v) is 15.4. The molecule has 5 atom stereocenters. The van der Waals surface area contributed by atoms with Gasteiger partial charge in [-0.25, -0.2) is 0 Å². The van der Waals surface area contributed by atoms with Crippen molar-refractivity contribution < 1.29 is 19.3 Å². The van der Waals surface area contributed by atoms with E-state index in [-0.39, 0.29) is 11.5 Å². The summed E-state index contributed by atoms with van der Waals surface area (Å²) >= 11 is 0. The van der Waals surface area contributed by atoms with Gasteiger partial charge < -0.3 is 19.3 Å². The molecule has 0 amide bonds. The van der Waals surface area contributed by atoms with E-state index in [0.717, 1.165) is 37.9 Å². The molecule has 138 valence electrons. The maximum atomic E-state index is 11.2. The molecule has 0 aromatic heterocycles. The lowest BCUT2D eigenvalue weighted by molar-refractivity contribution is -0.249. The van der Waals surface area contributed by atoms with Gasteiger partial charge in [-0.2, -0.15) is 0 Å². The number of allylic oxidation sites excluding steroid dienone is 2. The Balaban J connectivity index is 1.48. The summed E-state index contributed by atoms with van der Waals surface area (Å²) in [7, 11) is 1.77. The molecule has 2 saturated carbocycles. The summed E-state index contributed by atoms with van der Waals surface area (Å²) in [6, 6.07) is 0. The molecular formula is C21H30O4. The van der Waals surface area contributed by atoms with Gasteiger partial charge in [-0.3, -0.25) is 0 Å². The normalized spacial score (nSPS) is 45.0. The Morgan fingerprint density at radius 2 is 2.04 bits per heavy atom. The summed E-state index contributed by atoms with van der Waals surface area (Å²) in [5.74, 6) is 2.15. The minimum absolute atomic E-state index is 0.0512. The number of fused-ring (bicyclic) bond motifs is 5. The van der Waals surface area contributed by atoms with E-state index in [4.69, 9.17) is 14.2 Å². The second-order valence-corrected chi connectivity index (χ2v) is 8.90. The van der Waals surface area contributed by atoms with Crippen LogP contribution in [0.1, 0.15) is 51.9 Å². The van der Waals surface area contributed by atoms with Crippen LogP contribution in [-0.2, 0) is 14.2 Å². The van der Waals surface area contributed by atoms with Crippen LogP contribution >= 0.6 is 0 Å². The molecule has 1 heterocycles. The van der Waals surface area contributed by atoms with Gasteiger partial charge in [0.15, 0.2) is 5.79 Å². The lowest BCUT2D eigenvalue weighted by atomic mass is 9.53. The highest BCUT2D eigenvalue weighted by Crippen LogP contribution is 2.66. The van der Waals surface area contributed by atoms with E-state index in [9.17, 15) is 5.11 Å². The van der Waals surface area contributed by atoms with Crippen molar-refractivity contribution in [3.05, 3.63) is 23.0 Å². The van der Waals surface area contributed by atoms with Crippen LogP contribution in [0.15, 0.2) is 23.0 Å². The van der Waals surface area contributed by atoms with Gasteiger partial charge in [0, 0.05) is 24.2 Å². The molecule has 0 radical (unpaired) electrons. The number of rotatable bonds is 1. The average Bonchev–Trinajstić information content (AvgIpc) is 3.20.